The first-order valence-corrected chi connectivity index (χ1v) is 13.5. The van der Waals surface area contributed by atoms with Crippen LogP contribution in [0.15, 0.2) is 90.0 Å². The summed E-state index contributed by atoms with van der Waals surface area (Å²) in [5.74, 6) is 0.105. The molecule has 3 N–H and O–H groups in total. The summed E-state index contributed by atoms with van der Waals surface area (Å²) in [5.41, 5.74) is 2.55. The first-order valence-electron chi connectivity index (χ1n) is 11.7. The number of nitrogens with zero attached hydrogens (tertiary/aromatic N) is 1. The summed E-state index contributed by atoms with van der Waals surface area (Å²) in [6.07, 6.45) is 1.70. The predicted molar refractivity (Wildman–Crippen MR) is 145 cm³/mol. The zero-order chi connectivity index (χ0) is 26.3. The predicted octanol–water partition coefficient (Wildman–Crippen LogP) is 4.53. The molecule has 0 aliphatic rings. The molecule has 0 saturated heterocycles. The smallest absolute Gasteiger partial charge is 0.258 e. The molecule has 1 aromatic heterocycles. The average molecular weight is 539 g/mol. The number of benzene rings is 3. The number of rotatable bonds is 11. The second-order valence-electron chi connectivity index (χ2n) is 8.31. The van der Waals surface area contributed by atoms with E-state index in [1.54, 1.807) is 25.3 Å². The Morgan fingerprint density at radius 3 is 2.51 bits per heavy atom. The van der Waals surface area contributed by atoms with Gasteiger partial charge in [0.1, 0.15) is 5.75 Å². The molecule has 0 aliphatic heterocycles. The van der Waals surface area contributed by atoms with Crippen LogP contribution in [0.25, 0.3) is 10.9 Å². The molecule has 192 valence electrons. The fourth-order valence-corrected chi connectivity index (χ4v) is 5.10. The van der Waals surface area contributed by atoms with E-state index in [0.29, 0.717) is 23.9 Å². The van der Waals surface area contributed by atoms with Crippen LogP contribution in [0.1, 0.15) is 18.5 Å². The lowest BCUT2D eigenvalue weighted by Gasteiger charge is -2.15. The highest BCUT2D eigenvalue weighted by Gasteiger charge is 2.18. The monoisotopic (exact) mass is 538 g/mol. The van der Waals surface area contributed by atoms with Gasteiger partial charge in [0.2, 0.25) is 10.0 Å². The molecule has 10 heteroatoms. The number of hydrogen-bond donors (Lipinski definition) is 3. The van der Waals surface area contributed by atoms with Crippen molar-refractivity contribution in [1.29, 1.82) is 0 Å². The van der Waals surface area contributed by atoms with E-state index in [1.807, 2.05) is 42.5 Å². The van der Waals surface area contributed by atoms with Gasteiger partial charge in [-0.2, -0.15) is 0 Å². The largest absolute Gasteiger partial charge is 0.484 e. The number of aromatic nitrogens is 1. The minimum Gasteiger partial charge on any atom is -0.484 e. The number of amides is 1. The van der Waals surface area contributed by atoms with Crippen molar-refractivity contribution in [3.8, 4) is 5.75 Å². The summed E-state index contributed by atoms with van der Waals surface area (Å²) in [4.78, 5) is 16.6. The molecule has 0 aliphatic carbocycles. The van der Waals surface area contributed by atoms with Gasteiger partial charge in [-0.25, -0.2) is 13.1 Å². The van der Waals surface area contributed by atoms with Gasteiger partial charge in [-0.1, -0.05) is 41.9 Å². The van der Waals surface area contributed by atoms with Crippen molar-refractivity contribution in [3.05, 3.63) is 95.6 Å². The van der Waals surface area contributed by atoms with E-state index in [4.69, 9.17) is 16.3 Å². The molecule has 0 unspecified atom stereocenters. The van der Waals surface area contributed by atoms with E-state index < -0.39 is 10.0 Å². The summed E-state index contributed by atoms with van der Waals surface area (Å²) in [7, 11) is -3.71. The Morgan fingerprint density at radius 1 is 1.00 bits per heavy atom. The molecule has 1 atom stereocenters. The van der Waals surface area contributed by atoms with Crippen molar-refractivity contribution < 1.29 is 17.9 Å². The van der Waals surface area contributed by atoms with Gasteiger partial charge in [-0.3, -0.25) is 9.78 Å². The van der Waals surface area contributed by atoms with Gasteiger partial charge in [-0.15, -0.1) is 0 Å². The average Bonchev–Trinajstić information content (AvgIpc) is 2.90. The zero-order valence-electron chi connectivity index (χ0n) is 20.1. The molecule has 0 fully saturated rings. The lowest BCUT2D eigenvalue weighted by Crippen LogP contribution is -2.32. The van der Waals surface area contributed by atoms with Crippen LogP contribution in [-0.2, 0) is 14.8 Å². The third kappa shape index (κ3) is 7.19. The summed E-state index contributed by atoms with van der Waals surface area (Å²) >= 11 is 6.02. The number of carbonyl (C=O) groups excluding carboxylic acids is 1. The molecule has 4 aromatic rings. The fourth-order valence-electron chi connectivity index (χ4n) is 3.70. The zero-order valence-corrected chi connectivity index (χ0v) is 21.7. The van der Waals surface area contributed by atoms with Crippen LogP contribution in [0.2, 0.25) is 5.02 Å². The van der Waals surface area contributed by atoms with Crippen molar-refractivity contribution in [3.63, 3.8) is 0 Å². The third-order valence-corrected chi connectivity index (χ3v) is 7.39. The van der Waals surface area contributed by atoms with E-state index in [1.165, 1.54) is 24.3 Å². The number of anilines is 1. The molecule has 0 bridgehead atoms. The highest BCUT2D eigenvalue weighted by molar-refractivity contribution is 7.89. The summed E-state index contributed by atoms with van der Waals surface area (Å²) in [6, 6.07) is 22.3. The topological polar surface area (TPSA) is 109 Å². The highest BCUT2D eigenvalue weighted by Crippen LogP contribution is 2.24. The molecule has 1 heterocycles. The Hall–Kier alpha value is -3.66. The van der Waals surface area contributed by atoms with Gasteiger partial charge in [0.05, 0.1) is 10.4 Å². The highest BCUT2D eigenvalue weighted by atomic mass is 35.5. The van der Waals surface area contributed by atoms with Crippen LogP contribution in [-0.4, -0.2) is 39.0 Å². The summed E-state index contributed by atoms with van der Waals surface area (Å²) in [5, 5.41) is 7.62. The van der Waals surface area contributed by atoms with Crippen LogP contribution in [0.3, 0.4) is 0 Å². The van der Waals surface area contributed by atoms with Gasteiger partial charge in [0.25, 0.3) is 5.91 Å². The normalized spacial score (nSPS) is 12.2. The minimum atomic E-state index is -3.71. The molecular weight excluding hydrogens is 512 g/mol. The van der Waals surface area contributed by atoms with Crippen LogP contribution in [0.4, 0.5) is 5.69 Å². The quantitative estimate of drug-likeness (QED) is 0.242. The van der Waals surface area contributed by atoms with Crippen LogP contribution >= 0.6 is 11.6 Å². The van der Waals surface area contributed by atoms with Gasteiger partial charge < -0.3 is 15.4 Å². The maximum absolute atomic E-state index is 12.7. The van der Waals surface area contributed by atoms with Gasteiger partial charge in [0, 0.05) is 41.4 Å². The Balaban J connectivity index is 1.22. The van der Waals surface area contributed by atoms with Crippen LogP contribution < -0.4 is 20.1 Å². The second-order valence-corrected chi connectivity index (χ2v) is 10.5. The molecule has 8 nitrogen and oxygen atoms in total. The van der Waals surface area contributed by atoms with Crippen LogP contribution in [0.5, 0.6) is 5.75 Å². The first kappa shape index (κ1) is 26.4. The molecule has 0 spiro atoms. The standard InChI is InChI=1S/C27H27ClN4O4S/c1-19(20-5-3-2-4-6-20)32-37(34,35)23-10-8-22(9-11-23)36-18-27(33)31-16-15-30-25-13-14-29-26-17-21(28)7-12-24(25)26/h2-14,17,19,32H,15-16,18H2,1H3,(H,29,30)(H,31,33)/t19-/m1/s1. The molecule has 37 heavy (non-hydrogen) atoms. The Morgan fingerprint density at radius 2 is 1.76 bits per heavy atom. The maximum Gasteiger partial charge on any atom is 0.258 e. The van der Waals surface area contributed by atoms with Gasteiger partial charge >= 0.3 is 0 Å². The maximum atomic E-state index is 12.7. The number of halogens is 1. The Kier molecular flexibility index (Phi) is 8.60. The van der Waals surface area contributed by atoms with E-state index in [2.05, 4.69) is 20.3 Å². The number of pyridine rings is 1. The number of hydrogen-bond acceptors (Lipinski definition) is 6. The van der Waals surface area contributed by atoms with Crippen molar-refractivity contribution in [2.75, 3.05) is 25.0 Å². The number of sulfonamides is 1. The number of nitrogens with one attached hydrogen (secondary N) is 3. The van der Waals surface area contributed by atoms with E-state index >= 15 is 0 Å². The van der Waals surface area contributed by atoms with Gasteiger partial charge in [0.15, 0.2) is 6.61 Å². The summed E-state index contributed by atoms with van der Waals surface area (Å²) < 4.78 is 33.6. The Labute approximate surface area is 221 Å². The second kappa shape index (κ2) is 12.1. The Bertz CT molecular complexity index is 1470. The number of ether oxygens (including phenoxy) is 1. The minimum absolute atomic E-state index is 0.115. The SMILES string of the molecule is C[C@@H](NS(=O)(=O)c1ccc(OCC(=O)NCCNc2ccnc3cc(Cl)ccc23)cc1)c1ccccc1. The molecule has 4 rings (SSSR count). The first-order chi connectivity index (χ1) is 17.8. The molecule has 0 saturated carbocycles. The lowest BCUT2D eigenvalue weighted by atomic mass is 10.1. The summed E-state index contributed by atoms with van der Waals surface area (Å²) in [6.45, 7) is 2.50. The van der Waals surface area contributed by atoms with Crippen molar-refractivity contribution >= 4 is 44.1 Å². The molecule has 0 radical (unpaired) electrons. The fraction of sp³-hybridized carbons (Fsp3) is 0.185. The van der Waals surface area contributed by atoms with E-state index in [0.717, 1.165) is 22.2 Å². The third-order valence-electron chi connectivity index (χ3n) is 5.60. The number of carbonyl (C=O) groups is 1. The van der Waals surface area contributed by atoms with Crippen molar-refractivity contribution in [1.82, 2.24) is 15.0 Å². The molecule has 3 aromatic carbocycles. The van der Waals surface area contributed by atoms with Crippen LogP contribution in [0, 0.1) is 0 Å². The van der Waals surface area contributed by atoms with Crippen molar-refractivity contribution in [2.24, 2.45) is 0 Å². The van der Waals surface area contributed by atoms with Gasteiger partial charge in [-0.05, 0) is 61.0 Å². The van der Waals surface area contributed by atoms with E-state index in [9.17, 15) is 13.2 Å². The number of fused-ring (bicyclic) bond motifs is 1. The molecular formula is C27H27ClN4O4S. The molecule has 1 amide bonds. The van der Waals surface area contributed by atoms with Crippen molar-refractivity contribution in [2.45, 2.75) is 17.9 Å². The lowest BCUT2D eigenvalue weighted by molar-refractivity contribution is -0.123. The van der Waals surface area contributed by atoms with E-state index in [-0.39, 0.29) is 23.5 Å².